The smallest absolute Gasteiger partial charge is 0.331 e. The molecule has 0 bridgehead atoms. The summed E-state index contributed by atoms with van der Waals surface area (Å²) >= 11 is 6.13. The van der Waals surface area contributed by atoms with Gasteiger partial charge in [-0.15, -0.1) is 0 Å². The maximum Gasteiger partial charge on any atom is 0.331 e. The number of hydrogen-bond donors (Lipinski definition) is 1. The van der Waals surface area contributed by atoms with Crippen molar-refractivity contribution in [3.8, 4) is 11.5 Å². The number of benzene rings is 1. The van der Waals surface area contributed by atoms with E-state index in [2.05, 4.69) is 5.32 Å². The molecule has 24 heavy (non-hydrogen) atoms. The third kappa shape index (κ3) is 6.50. The summed E-state index contributed by atoms with van der Waals surface area (Å²) in [5.41, 5.74) is 0.646. The summed E-state index contributed by atoms with van der Waals surface area (Å²) in [4.78, 5) is 23.1. The van der Waals surface area contributed by atoms with E-state index in [1.165, 1.54) is 19.3 Å². The molecule has 0 saturated heterocycles. The van der Waals surface area contributed by atoms with Crippen molar-refractivity contribution in [2.24, 2.45) is 0 Å². The van der Waals surface area contributed by atoms with Crippen molar-refractivity contribution in [1.82, 2.24) is 5.32 Å². The van der Waals surface area contributed by atoms with E-state index in [1.54, 1.807) is 12.1 Å². The second-order valence-corrected chi connectivity index (χ2v) is 5.54. The van der Waals surface area contributed by atoms with Gasteiger partial charge in [-0.05, 0) is 44.5 Å². The van der Waals surface area contributed by atoms with Crippen molar-refractivity contribution in [2.75, 3.05) is 20.3 Å². The Labute approximate surface area is 146 Å². The largest absolute Gasteiger partial charge is 0.491 e. The van der Waals surface area contributed by atoms with Gasteiger partial charge in [0.05, 0.1) is 18.7 Å². The van der Waals surface area contributed by atoms with Crippen molar-refractivity contribution in [2.45, 2.75) is 26.8 Å². The lowest BCUT2D eigenvalue weighted by atomic mass is 10.2. The predicted molar refractivity (Wildman–Crippen MR) is 92.4 cm³/mol. The summed E-state index contributed by atoms with van der Waals surface area (Å²) in [7, 11) is 1.50. The normalized spacial score (nSPS) is 10.8. The van der Waals surface area contributed by atoms with E-state index in [0.29, 0.717) is 28.7 Å². The van der Waals surface area contributed by atoms with Crippen molar-refractivity contribution < 1.29 is 23.8 Å². The molecule has 0 saturated carbocycles. The molecule has 132 valence electrons. The van der Waals surface area contributed by atoms with Crippen LogP contribution in [0.15, 0.2) is 18.2 Å². The lowest BCUT2D eigenvalue weighted by Crippen LogP contribution is -2.33. The van der Waals surface area contributed by atoms with Crippen LogP contribution in [0.5, 0.6) is 11.5 Å². The summed E-state index contributed by atoms with van der Waals surface area (Å²) in [5, 5.41) is 2.99. The monoisotopic (exact) mass is 355 g/mol. The Morgan fingerprint density at radius 3 is 2.62 bits per heavy atom. The van der Waals surface area contributed by atoms with Crippen LogP contribution in [0.4, 0.5) is 0 Å². The van der Waals surface area contributed by atoms with Gasteiger partial charge in [-0.25, -0.2) is 4.79 Å². The minimum atomic E-state index is -0.626. The highest BCUT2D eigenvalue weighted by Crippen LogP contribution is 2.36. The molecule has 0 atom stereocenters. The minimum Gasteiger partial charge on any atom is -0.491 e. The fourth-order valence-corrected chi connectivity index (χ4v) is 2.15. The van der Waals surface area contributed by atoms with E-state index >= 15 is 0 Å². The zero-order valence-corrected chi connectivity index (χ0v) is 15.0. The standard InChI is InChI=1S/C17H22ClNO5/c1-5-23-14-9-12(8-13(18)17(14)22-4)6-7-16(21)24-10-15(20)19-11(2)3/h6-9,11H,5,10H2,1-4H3,(H,19,20)/b7-6+. The summed E-state index contributed by atoms with van der Waals surface area (Å²) < 4.78 is 15.5. The highest BCUT2D eigenvalue weighted by atomic mass is 35.5. The van der Waals surface area contributed by atoms with Crippen LogP contribution in [0.25, 0.3) is 6.08 Å². The van der Waals surface area contributed by atoms with Gasteiger partial charge < -0.3 is 19.5 Å². The van der Waals surface area contributed by atoms with Gasteiger partial charge in [0.15, 0.2) is 18.1 Å². The molecule has 0 aliphatic heterocycles. The van der Waals surface area contributed by atoms with Crippen LogP contribution in [-0.4, -0.2) is 38.2 Å². The minimum absolute atomic E-state index is 0.00910. The number of esters is 1. The number of nitrogens with one attached hydrogen (secondary N) is 1. The van der Waals surface area contributed by atoms with Gasteiger partial charge in [0.1, 0.15) is 0 Å². The first-order valence-electron chi connectivity index (χ1n) is 7.51. The van der Waals surface area contributed by atoms with Crippen molar-refractivity contribution in [3.63, 3.8) is 0 Å². The van der Waals surface area contributed by atoms with E-state index in [0.717, 1.165) is 0 Å². The van der Waals surface area contributed by atoms with Gasteiger partial charge >= 0.3 is 5.97 Å². The topological polar surface area (TPSA) is 73.9 Å². The van der Waals surface area contributed by atoms with Crippen LogP contribution in [0.2, 0.25) is 5.02 Å². The first-order valence-corrected chi connectivity index (χ1v) is 7.89. The molecule has 0 fully saturated rings. The molecule has 0 aliphatic rings. The van der Waals surface area contributed by atoms with Gasteiger partial charge in [-0.3, -0.25) is 4.79 Å². The van der Waals surface area contributed by atoms with Crippen LogP contribution >= 0.6 is 11.6 Å². The Morgan fingerprint density at radius 1 is 1.33 bits per heavy atom. The van der Waals surface area contributed by atoms with E-state index in [9.17, 15) is 9.59 Å². The zero-order valence-electron chi connectivity index (χ0n) is 14.2. The summed E-state index contributed by atoms with van der Waals surface area (Å²) in [6.07, 6.45) is 2.74. The van der Waals surface area contributed by atoms with Crippen LogP contribution < -0.4 is 14.8 Å². The van der Waals surface area contributed by atoms with Crippen molar-refractivity contribution >= 4 is 29.6 Å². The second kappa shape index (κ2) is 9.82. The van der Waals surface area contributed by atoms with Crippen molar-refractivity contribution in [3.05, 3.63) is 28.8 Å². The highest BCUT2D eigenvalue weighted by Gasteiger charge is 2.11. The molecule has 0 heterocycles. The Bertz CT molecular complexity index is 613. The molecule has 0 radical (unpaired) electrons. The van der Waals surface area contributed by atoms with Crippen molar-refractivity contribution in [1.29, 1.82) is 0 Å². The molecule has 6 nitrogen and oxygen atoms in total. The summed E-state index contributed by atoms with van der Waals surface area (Å²) in [6, 6.07) is 3.33. The van der Waals surface area contributed by atoms with Crippen LogP contribution in [0, 0.1) is 0 Å². The molecule has 1 rings (SSSR count). The van der Waals surface area contributed by atoms with E-state index in [4.69, 9.17) is 25.8 Å². The van der Waals surface area contributed by atoms with Crippen LogP contribution in [-0.2, 0) is 14.3 Å². The SMILES string of the molecule is CCOc1cc(/C=C/C(=O)OCC(=O)NC(C)C)cc(Cl)c1OC. The van der Waals surface area contributed by atoms with E-state index in [1.807, 2.05) is 20.8 Å². The summed E-state index contributed by atoms with van der Waals surface area (Å²) in [5.74, 6) is -0.0582. The molecular weight excluding hydrogens is 334 g/mol. The quantitative estimate of drug-likeness (QED) is 0.573. The summed E-state index contributed by atoms with van der Waals surface area (Å²) in [6.45, 7) is 5.61. The number of halogens is 1. The number of hydrogen-bond acceptors (Lipinski definition) is 5. The molecule has 1 aromatic carbocycles. The lowest BCUT2D eigenvalue weighted by Gasteiger charge is -2.11. The molecular formula is C17H22ClNO5. The first-order chi connectivity index (χ1) is 11.4. The molecule has 1 amide bonds. The third-order valence-corrected chi connectivity index (χ3v) is 3.02. The average Bonchev–Trinajstić information content (AvgIpc) is 2.50. The average molecular weight is 356 g/mol. The molecule has 0 unspecified atom stereocenters. The molecule has 7 heteroatoms. The molecule has 0 aromatic heterocycles. The predicted octanol–water partition coefficient (Wildman–Crippen LogP) is 2.83. The molecule has 1 N–H and O–H groups in total. The Kier molecular flexibility index (Phi) is 8.12. The van der Waals surface area contributed by atoms with Gasteiger partial charge in [-0.1, -0.05) is 11.6 Å². The number of rotatable bonds is 8. The highest BCUT2D eigenvalue weighted by molar-refractivity contribution is 6.32. The third-order valence-electron chi connectivity index (χ3n) is 2.74. The number of amides is 1. The number of methoxy groups -OCH3 is 1. The van der Waals surface area contributed by atoms with Gasteiger partial charge in [0.2, 0.25) is 0 Å². The van der Waals surface area contributed by atoms with Crippen LogP contribution in [0.3, 0.4) is 0 Å². The van der Waals surface area contributed by atoms with Crippen LogP contribution in [0.1, 0.15) is 26.3 Å². The Hall–Kier alpha value is -2.21. The fourth-order valence-electron chi connectivity index (χ4n) is 1.86. The number of ether oxygens (including phenoxy) is 3. The fraction of sp³-hybridized carbons (Fsp3) is 0.412. The maximum absolute atomic E-state index is 11.6. The number of carbonyl (C=O) groups is 2. The molecule has 1 aromatic rings. The van der Waals surface area contributed by atoms with E-state index < -0.39 is 5.97 Å². The first kappa shape index (κ1) is 19.8. The van der Waals surface area contributed by atoms with Gasteiger partial charge in [-0.2, -0.15) is 0 Å². The van der Waals surface area contributed by atoms with E-state index in [-0.39, 0.29) is 18.6 Å². The zero-order chi connectivity index (χ0) is 18.1. The molecule has 0 spiro atoms. The Morgan fingerprint density at radius 2 is 2.04 bits per heavy atom. The second-order valence-electron chi connectivity index (χ2n) is 5.13. The van der Waals surface area contributed by atoms with Gasteiger partial charge in [0, 0.05) is 12.1 Å². The Balaban J connectivity index is 2.72. The molecule has 0 aliphatic carbocycles. The number of carbonyl (C=O) groups excluding carboxylic acids is 2. The lowest BCUT2D eigenvalue weighted by molar-refractivity contribution is -0.143. The van der Waals surface area contributed by atoms with Gasteiger partial charge in [0.25, 0.3) is 5.91 Å². The maximum atomic E-state index is 11.6.